The summed E-state index contributed by atoms with van der Waals surface area (Å²) in [5.41, 5.74) is 0.831. The lowest BCUT2D eigenvalue weighted by Crippen LogP contribution is -2.10. The average molecular weight is 339 g/mol. The van der Waals surface area contributed by atoms with Crippen molar-refractivity contribution in [3.05, 3.63) is 66.5 Å². The summed E-state index contributed by atoms with van der Waals surface area (Å²) in [5, 5.41) is 0. The van der Waals surface area contributed by atoms with Gasteiger partial charge in [-0.2, -0.15) is 0 Å². The summed E-state index contributed by atoms with van der Waals surface area (Å²) in [6.45, 7) is 1.89. The SMILES string of the molecule is CCOC(=O)c1ncc(-c2cccc(F)c2)nc1Oc1ccncc1. The number of esters is 1. The van der Waals surface area contributed by atoms with Crippen LogP contribution in [-0.2, 0) is 4.74 Å². The van der Waals surface area contributed by atoms with Crippen molar-refractivity contribution in [1.82, 2.24) is 15.0 Å². The maximum atomic E-state index is 13.4. The van der Waals surface area contributed by atoms with Crippen LogP contribution < -0.4 is 4.74 Å². The summed E-state index contributed by atoms with van der Waals surface area (Å²) in [6.07, 6.45) is 4.47. The number of carbonyl (C=O) groups is 1. The molecule has 2 aromatic heterocycles. The lowest BCUT2D eigenvalue weighted by Gasteiger charge is -2.10. The lowest BCUT2D eigenvalue weighted by molar-refractivity contribution is 0.0515. The fourth-order valence-corrected chi connectivity index (χ4v) is 2.09. The number of ether oxygens (including phenoxy) is 2. The van der Waals surface area contributed by atoms with E-state index >= 15 is 0 Å². The minimum Gasteiger partial charge on any atom is -0.461 e. The molecule has 3 aromatic rings. The maximum Gasteiger partial charge on any atom is 0.362 e. The molecule has 0 aliphatic carbocycles. The first-order valence-electron chi connectivity index (χ1n) is 7.55. The van der Waals surface area contributed by atoms with Gasteiger partial charge in [-0.05, 0) is 31.2 Å². The van der Waals surface area contributed by atoms with Crippen molar-refractivity contribution in [2.75, 3.05) is 6.61 Å². The Bertz CT molecular complexity index is 888. The molecule has 25 heavy (non-hydrogen) atoms. The van der Waals surface area contributed by atoms with E-state index in [1.807, 2.05) is 0 Å². The molecule has 7 heteroatoms. The van der Waals surface area contributed by atoms with Crippen molar-refractivity contribution in [2.45, 2.75) is 6.92 Å². The van der Waals surface area contributed by atoms with Crippen LogP contribution in [0.1, 0.15) is 17.4 Å². The molecule has 0 aliphatic heterocycles. The zero-order valence-corrected chi connectivity index (χ0v) is 13.3. The predicted octanol–water partition coefficient (Wildman–Crippen LogP) is 3.65. The van der Waals surface area contributed by atoms with Crippen LogP contribution in [0.15, 0.2) is 55.0 Å². The highest BCUT2D eigenvalue weighted by molar-refractivity contribution is 5.90. The van der Waals surface area contributed by atoms with Crippen molar-refractivity contribution in [3.63, 3.8) is 0 Å². The summed E-state index contributed by atoms with van der Waals surface area (Å²) in [4.78, 5) is 24.4. The van der Waals surface area contributed by atoms with Gasteiger partial charge in [-0.1, -0.05) is 12.1 Å². The summed E-state index contributed by atoms with van der Waals surface area (Å²) in [5.74, 6) is -0.632. The van der Waals surface area contributed by atoms with Crippen LogP contribution in [0.25, 0.3) is 11.3 Å². The molecule has 0 fully saturated rings. The van der Waals surface area contributed by atoms with Crippen LogP contribution in [0.5, 0.6) is 11.6 Å². The fourth-order valence-electron chi connectivity index (χ4n) is 2.09. The molecule has 2 heterocycles. The molecule has 0 N–H and O–H groups in total. The standard InChI is InChI=1S/C18H14FN3O3/c1-2-24-18(23)16-17(25-14-6-8-20-9-7-14)22-15(11-21-16)12-4-3-5-13(19)10-12/h3-11H,2H2,1H3. The topological polar surface area (TPSA) is 74.2 Å². The van der Waals surface area contributed by atoms with E-state index in [0.29, 0.717) is 17.0 Å². The Balaban J connectivity index is 2.03. The van der Waals surface area contributed by atoms with E-state index < -0.39 is 11.8 Å². The highest BCUT2D eigenvalue weighted by atomic mass is 19.1. The Hall–Kier alpha value is -3.35. The van der Waals surface area contributed by atoms with Gasteiger partial charge in [0.25, 0.3) is 5.88 Å². The van der Waals surface area contributed by atoms with Gasteiger partial charge >= 0.3 is 5.97 Å². The average Bonchev–Trinajstić information content (AvgIpc) is 2.63. The van der Waals surface area contributed by atoms with Crippen LogP contribution in [0.2, 0.25) is 0 Å². The number of nitrogens with zero attached hydrogens (tertiary/aromatic N) is 3. The normalized spacial score (nSPS) is 10.3. The summed E-state index contributed by atoms with van der Waals surface area (Å²) in [6, 6.07) is 9.14. The van der Waals surface area contributed by atoms with Crippen LogP contribution in [0.4, 0.5) is 4.39 Å². The van der Waals surface area contributed by atoms with Crippen LogP contribution in [0, 0.1) is 5.82 Å². The molecule has 126 valence electrons. The number of carbonyl (C=O) groups excluding carboxylic acids is 1. The molecule has 6 nitrogen and oxygen atoms in total. The van der Waals surface area contributed by atoms with Gasteiger partial charge in [0.2, 0.25) is 5.69 Å². The summed E-state index contributed by atoms with van der Waals surface area (Å²) >= 11 is 0. The zero-order chi connectivity index (χ0) is 17.6. The molecular formula is C18H14FN3O3. The number of aromatic nitrogens is 3. The number of rotatable bonds is 5. The van der Waals surface area contributed by atoms with Gasteiger partial charge in [-0.15, -0.1) is 0 Å². The Labute approximate surface area is 143 Å². The molecule has 0 unspecified atom stereocenters. The van der Waals surface area contributed by atoms with E-state index in [2.05, 4.69) is 15.0 Å². The van der Waals surface area contributed by atoms with Gasteiger partial charge < -0.3 is 9.47 Å². The van der Waals surface area contributed by atoms with Gasteiger partial charge in [-0.3, -0.25) is 4.98 Å². The Morgan fingerprint density at radius 2 is 2.00 bits per heavy atom. The molecule has 3 rings (SSSR count). The molecule has 0 bridgehead atoms. The van der Waals surface area contributed by atoms with Crippen molar-refractivity contribution in [3.8, 4) is 22.9 Å². The van der Waals surface area contributed by atoms with Gasteiger partial charge in [-0.25, -0.2) is 19.2 Å². The first kappa shape index (κ1) is 16.5. The molecule has 0 radical (unpaired) electrons. The Kier molecular flexibility index (Phi) is 4.94. The zero-order valence-electron chi connectivity index (χ0n) is 13.3. The third-order valence-electron chi connectivity index (χ3n) is 3.19. The van der Waals surface area contributed by atoms with Gasteiger partial charge in [0.15, 0.2) is 0 Å². The minimum atomic E-state index is -0.648. The first-order valence-corrected chi connectivity index (χ1v) is 7.55. The van der Waals surface area contributed by atoms with E-state index in [4.69, 9.17) is 9.47 Å². The number of pyridine rings is 1. The Morgan fingerprint density at radius 1 is 1.20 bits per heavy atom. The highest BCUT2D eigenvalue weighted by Gasteiger charge is 2.19. The van der Waals surface area contributed by atoms with Crippen LogP contribution >= 0.6 is 0 Å². The van der Waals surface area contributed by atoms with Crippen molar-refractivity contribution >= 4 is 5.97 Å². The molecule has 0 spiro atoms. The van der Waals surface area contributed by atoms with Crippen molar-refractivity contribution in [2.24, 2.45) is 0 Å². The van der Waals surface area contributed by atoms with E-state index in [-0.39, 0.29) is 18.2 Å². The third-order valence-corrected chi connectivity index (χ3v) is 3.19. The highest BCUT2D eigenvalue weighted by Crippen LogP contribution is 2.26. The van der Waals surface area contributed by atoms with Gasteiger partial charge in [0.1, 0.15) is 11.6 Å². The molecule has 0 saturated heterocycles. The van der Waals surface area contributed by atoms with E-state index in [1.165, 1.54) is 18.3 Å². The first-order chi connectivity index (χ1) is 12.2. The number of hydrogen-bond donors (Lipinski definition) is 0. The van der Waals surface area contributed by atoms with E-state index in [1.54, 1.807) is 43.6 Å². The molecular weight excluding hydrogens is 325 g/mol. The summed E-state index contributed by atoms with van der Waals surface area (Å²) < 4.78 is 24.1. The Morgan fingerprint density at radius 3 is 2.72 bits per heavy atom. The van der Waals surface area contributed by atoms with Crippen LogP contribution in [0.3, 0.4) is 0 Å². The quantitative estimate of drug-likeness (QED) is 0.661. The van der Waals surface area contributed by atoms with Gasteiger partial charge in [0, 0.05) is 18.0 Å². The fraction of sp³-hybridized carbons (Fsp3) is 0.111. The molecule has 1 aromatic carbocycles. The number of hydrogen-bond acceptors (Lipinski definition) is 6. The van der Waals surface area contributed by atoms with Crippen molar-refractivity contribution < 1.29 is 18.7 Å². The maximum absolute atomic E-state index is 13.4. The number of benzene rings is 1. The second kappa shape index (κ2) is 7.48. The van der Waals surface area contributed by atoms with E-state index in [0.717, 1.165) is 0 Å². The predicted molar refractivity (Wildman–Crippen MR) is 87.7 cm³/mol. The van der Waals surface area contributed by atoms with Crippen LogP contribution in [-0.4, -0.2) is 27.5 Å². The third kappa shape index (κ3) is 3.95. The monoisotopic (exact) mass is 339 g/mol. The van der Waals surface area contributed by atoms with Crippen molar-refractivity contribution in [1.29, 1.82) is 0 Å². The lowest BCUT2D eigenvalue weighted by atomic mass is 10.1. The smallest absolute Gasteiger partial charge is 0.362 e. The largest absolute Gasteiger partial charge is 0.461 e. The molecule has 0 amide bonds. The molecule has 0 atom stereocenters. The minimum absolute atomic E-state index is 0.0218. The second-order valence-electron chi connectivity index (χ2n) is 4.92. The second-order valence-corrected chi connectivity index (χ2v) is 4.92. The molecule has 0 aliphatic rings. The summed E-state index contributed by atoms with van der Waals surface area (Å²) in [7, 11) is 0. The number of halogens is 1. The van der Waals surface area contributed by atoms with Gasteiger partial charge in [0.05, 0.1) is 18.5 Å². The molecule has 0 saturated carbocycles. The van der Waals surface area contributed by atoms with E-state index in [9.17, 15) is 9.18 Å².